The lowest BCUT2D eigenvalue weighted by atomic mass is 10.2. The van der Waals surface area contributed by atoms with E-state index in [2.05, 4.69) is 4.98 Å². The minimum Gasteiger partial charge on any atom is -0.295 e. The van der Waals surface area contributed by atoms with E-state index in [1.54, 1.807) is 5.51 Å². The Kier molecular flexibility index (Phi) is 5.04. The number of thiazole rings is 1. The molecule has 1 N–H and O–H groups in total. The molecule has 0 saturated carbocycles. The van der Waals surface area contributed by atoms with Crippen molar-refractivity contribution in [2.24, 2.45) is 0 Å². The molecular formula is C14H14N2O4S2. The number of nitrogens with one attached hydrogen (secondary N) is 1. The van der Waals surface area contributed by atoms with Gasteiger partial charge < -0.3 is 0 Å². The smallest absolute Gasteiger partial charge is 0.264 e. The maximum absolute atomic E-state index is 12.1. The first-order valence-corrected chi connectivity index (χ1v) is 8.85. The molecule has 1 heterocycles. The van der Waals surface area contributed by atoms with Gasteiger partial charge in [0.15, 0.2) is 5.78 Å². The van der Waals surface area contributed by atoms with Gasteiger partial charge in [-0.2, -0.15) is 0 Å². The number of hydrogen-bond donors (Lipinski definition) is 1. The van der Waals surface area contributed by atoms with Crippen molar-refractivity contribution in [2.75, 3.05) is 0 Å². The van der Waals surface area contributed by atoms with Crippen LogP contribution in [0.15, 0.2) is 40.1 Å². The highest BCUT2D eigenvalue weighted by Gasteiger charge is 2.17. The molecule has 0 aliphatic rings. The number of carbonyl (C=O) groups excluding carboxylic acids is 2. The van der Waals surface area contributed by atoms with E-state index < -0.39 is 15.9 Å². The predicted molar refractivity (Wildman–Crippen MR) is 82.2 cm³/mol. The Labute approximate surface area is 132 Å². The van der Waals surface area contributed by atoms with Crippen LogP contribution in [0.5, 0.6) is 0 Å². The van der Waals surface area contributed by atoms with Gasteiger partial charge in [-0.3, -0.25) is 9.59 Å². The van der Waals surface area contributed by atoms with Crippen LogP contribution < -0.4 is 4.72 Å². The quantitative estimate of drug-likeness (QED) is 0.811. The van der Waals surface area contributed by atoms with Crippen LogP contribution in [0.3, 0.4) is 0 Å². The van der Waals surface area contributed by atoms with Gasteiger partial charge in [0.1, 0.15) is 0 Å². The maximum Gasteiger partial charge on any atom is 0.264 e. The molecule has 0 radical (unpaired) electrons. The van der Waals surface area contributed by atoms with E-state index in [4.69, 9.17) is 0 Å². The SMILES string of the molecule is CC(=O)c1ccc(S(=O)(=O)NC(=O)CCc2cscn2)cc1. The Morgan fingerprint density at radius 3 is 2.45 bits per heavy atom. The summed E-state index contributed by atoms with van der Waals surface area (Å²) in [6.07, 6.45) is 0.419. The van der Waals surface area contributed by atoms with E-state index in [1.165, 1.54) is 42.5 Å². The van der Waals surface area contributed by atoms with Crippen molar-refractivity contribution in [1.29, 1.82) is 0 Å². The Hall–Kier alpha value is -2.06. The van der Waals surface area contributed by atoms with Gasteiger partial charge in [-0.25, -0.2) is 18.1 Å². The number of Topliss-reactive ketones (excluding diaryl/α,β-unsaturated/α-hetero) is 1. The fourth-order valence-electron chi connectivity index (χ4n) is 1.73. The summed E-state index contributed by atoms with van der Waals surface area (Å²) in [4.78, 5) is 26.9. The van der Waals surface area contributed by atoms with Crippen LogP contribution >= 0.6 is 11.3 Å². The molecule has 0 aliphatic carbocycles. The molecule has 0 saturated heterocycles. The number of amides is 1. The molecule has 2 rings (SSSR count). The second-order valence-corrected chi connectivity index (χ2v) is 6.99. The van der Waals surface area contributed by atoms with E-state index in [1.807, 2.05) is 10.1 Å². The lowest BCUT2D eigenvalue weighted by Crippen LogP contribution is -2.30. The van der Waals surface area contributed by atoms with Crippen LogP contribution in [0.25, 0.3) is 0 Å². The largest absolute Gasteiger partial charge is 0.295 e. The van der Waals surface area contributed by atoms with Crippen LogP contribution in [-0.4, -0.2) is 25.1 Å². The number of aromatic nitrogens is 1. The third-order valence-electron chi connectivity index (χ3n) is 2.91. The Morgan fingerprint density at radius 2 is 1.91 bits per heavy atom. The number of hydrogen-bond acceptors (Lipinski definition) is 6. The molecule has 2 aromatic rings. The summed E-state index contributed by atoms with van der Waals surface area (Å²) in [6, 6.07) is 5.42. The summed E-state index contributed by atoms with van der Waals surface area (Å²) in [5.74, 6) is -0.750. The number of ketones is 1. The number of benzene rings is 1. The van der Waals surface area contributed by atoms with Gasteiger partial charge in [-0.15, -0.1) is 11.3 Å². The number of carbonyl (C=O) groups is 2. The van der Waals surface area contributed by atoms with Crippen molar-refractivity contribution in [2.45, 2.75) is 24.7 Å². The van der Waals surface area contributed by atoms with E-state index in [0.29, 0.717) is 12.0 Å². The van der Waals surface area contributed by atoms with E-state index in [-0.39, 0.29) is 17.1 Å². The second-order valence-electron chi connectivity index (χ2n) is 4.59. The first-order valence-electron chi connectivity index (χ1n) is 6.42. The molecule has 0 fully saturated rings. The van der Waals surface area contributed by atoms with E-state index in [0.717, 1.165) is 5.69 Å². The first-order chi connectivity index (χ1) is 10.4. The lowest BCUT2D eigenvalue weighted by Gasteiger charge is -2.07. The van der Waals surface area contributed by atoms with E-state index in [9.17, 15) is 18.0 Å². The fourth-order valence-corrected chi connectivity index (χ4v) is 3.34. The molecule has 6 nitrogen and oxygen atoms in total. The van der Waals surface area contributed by atoms with Crippen molar-refractivity contribution in [1.82, 2.24) is 9.71 Å². The molecule has 1 aromatic carbocycles. The van der Waals surface area contributed by atoms with Crippen LogP contribution in [0.4, 0.5) is 0 Å². The summed E-state index contributed by atoms with van der Waals surface area (Å²) in [6.45, 7) is 1.39. The average molecular weight is 338 g/mol. The van der Waals surface area contributed by atoms with E-state index >= 15 is 0 Å². The van der Waals surface area contributed by atoms with Crippen LogP contribution in [-0.2, 0) is 21.2 Å². The summed E-state index contributed by atoms with van der Waals surface area (Å²) >= 11 is 1.42. The van der Waals surface area contributed by atoms with Gasteiger partial charge in [0.25, 0.3) is 10.0 Å². The van der Waals surface area contributed by atoms with Gasteiger partial charge in [-0.1, -0.05) is 12.1 Å². The zero-order chi connectivity index (χ0) is 16.2. The second kappa shape index (κ2) is 6.80. The van der Waals surface area contributed by atoms with Gasteiger partial charge in [0.05, 0.1) is 16.1 Å². The highest BCUT2D eigenvalue weighted by atomic mass is 32.2. The topological polar surface area (TPSA) is 93.2 Å². The van der Waals surface area contributed by atoms with Crippen LogP contribution in [0, 0.1) is 0 Å². The summed E-state index contributed by atoms with van der Waals surface area (Å²) < 4.78 is 26.1. The van der Waals surface area contributed by atoms with Crippen LogP contribution in [0.2, 0.25) is 0 Å². The molecule has 0 atom stereocenters. The maximum atomic E-state index is 12.1. The van der Waals surface area contributed by atoms with Gasteiger partial charge >= 0.3 is 0 Å². The molecule has 0 bridgehead atoms. The monoisotopic (exact) mass is 338 g/mol. The highest BCUT2D eigenvalue weighted by Crippen LogP contribution is 2.11. The molecule has 1 aromatic heterocycles. The molecule has 0 spiro atoms. The normalized spacial score (nSPS) is 11.1. The highest BCUT2D eigenvalue weighted by molar-refractivity contribution is 7.90. The summed E-state index contributed by atoms with van der Waals surface area (Å²) in [7, 11) is -3.92. The average Bonchev–Trinajstić information content (AvgIpc) is 2.98. The van der Waals surface area contributed by atoms with Crippen molar-refractivity contribution in [3.63, 3.8) is 0 Å². The minimum atomic E-state index is -3.92. The number of aryl methyl sites for hydroxylation is 1. The fraction of sp³-hybridized carbons (Fsp3) is 0.214. The molecule has 1 amide bonds. The molecule has 0 aliphatic heterocycles. The van der Waals surface area contributed by atoms with Gasteiger partial charge in [0.2, 0.25) is 5.91 Å². The zero-order valence-corrected chi connectivity index (χ0v) is 13.4. The molecule has 0 unspecified atom stereocenters. The van der Waals surface area contributed by atoms with Crippen molar-refractivity contribution < 1.29 is 18.0 Å². The standard InChI is InChI=1S/C14H14N2O4S2/c1-10(17)11-2-5-13(6-3-11)22(19,20)16-14(18)7-4-12-8-21-9-15-12/h2-3,5-6,8-9H,4,7H2,1H3,(H,16,18). The van der Waals surface area contributed by atoms with Crippen molar-refractivity contribution in [3.05, 3.63) is 46.4 Å². The Bertz CT molecular complexity index is 766. The summed E-state index contributed by atoms with van der Waals surface area (Å²) in [5.41, 5.74) is 2.82. The zero-order valence-electron chi connectivity index (χ0n) is 11.8. The van der Waals surface area contributed by atoms with Crippen LogP contribution in [0.1, 0.15) is 29.4 Å². The van der Waals surface area contributed by atoms with Gasteiger partial charge in [-0.05, 0) is 25.5 Å². The van der Waals surface area contributed by atoms with Gasteiger partial charge in [0, 0.05) is 17.4 Å². The number of sulfonamides is 1. The lowest BCUT2D eigenvalue weighted by molar-refractivity contribution is -0.119. The summed E-state index contributed by atoms with van der Waals surface area (Å²) in [5, 5.41) is 1.81. The molecule has 8 heteroatoms. The predicted octanol–water partition coefficient (Wildman–Crippen LogP) is 1.78. The molecule has 116 valence electrons. The Balaban J connectivity index is 2.00. The molecular weight excluding hydrogens is 324 g/mol. The Morgan fingerprint density at radius 1 is 1.23 bits per heavy atom. The minimum absolute atomic E-state index is 0.0362. The number of nitrogens with zero attached hydrogens (tertiary/aromatic N) is 1. The first kappa shape index (κ1) is 16.3. The van der Waals surface area contributed by atoms with Crippen molar-refractivity contribution >= 4 is 33.1 Å². The van der Waals surface area contributed by atoms with Crippen molar-refractivity contribution in [3.8, 4) is 0 Å². The number of rotatable bonds is 6. The third-order valence-corrected chi connectivity index (χ3v) is 4.94. The third kappa shape index (κ3) is 4.22. The molecule has 22 heavy (non-hydrogen) atoms.